The smallest absolute Gasteiger partial charge is 0.255 e. The number of carbonyl (C=O) groups is 4. The molecule has 4 aliphatic rings. The SMILES string of the molecule is CN(C)[C@@H]1C(=O)C(C(N)=O)=C(O)[C@@]2(O)C(=O)C3=C(O)c4c(ccc(NC(=O)CN5CCCC5)c4O)C[C@H]3C[C@@H]12. The molecule has 1 saturated carbocycles. The molecule has 2 fully saturated rings. The van der Waals surface area contributed by atoms with Gasteiger partial charge in [0.15, 0.2) is 11.4 Å². The number of hydrogen-bond donors (Lipinski definition) is 6. The number of aromatic hydroxyl groups is 1. The molecule has 0 aromatic heterocycles. The van der Waals surface area contributed by atoms with Gasteiger partial charge in [0.25, 0.3) is 5.91 Å². The Bertz CT molecular complexity index is 1360. The first kappa shape index (κ1) is 26.9. The molecule has 39 heavy (non-hydrogen) atoms. The fraction of sp³-hybridized carbons (Fsp3) is 0.481. The predicted octanol–water partition coefficient (Wildman–Crippen LogP) is -0.00170. The summed E-state index contributed by atoms with van der Waals surface area (Å²) < 4.78 is 0. The van der Waals surface area contributed by atoms with E-state index in [1.165, 1.54) is 11.0 Å². The Kier molecular flexibility index (Phi) is 6.52. The molecule has 0 radical (unpaired) electrons. The molecule has 7 N–H and O–H groups in total. The number of nitrogens with two attached hydrogens (primary N) is 1. The first-order chi connectivity index (χ1) is 18.4. The van der Waals surface area contributed by atoms with Crippen LogP contribution in [-0.2, 0) is 25.6 Å². The van der Waals surface area contributed by atoms with Gasteiger partial charge in [-0.15, -0.1) is 0 Å². The molecule has 1 aromatic rings. The van der Waals surface area contributed by atoms with Crippen molar-refractivity contribution in [1.29, 1.82) is 0 Å². The van der Waals surface area contributed by atoms with Gasteiger partial charge in [-0.2, -0.15) is 0 Å². The van der Waals surface area contributed by atoms with Crippen molar-refractivity contribution in [3.05, 3.63) is 40.2 Å². The monoisotopic (exact) mass is 540 g/mol. The van der Waals surface area contributed by atoms with Crippen molar-refractivity contribution in [2.45, 2.75) is 37.3 Å². The molecule has 1 saturated heterocycles. The molecule has 0 unspecified atom stereocenters. The van der Waals surface area contributed by atoms with Gasteiger partial charge in [-0.1, -0.05) is 6.07 Å². The molecule has 5 rings (SSSR count). The first-order valence-electron chi connectivity index (χ1n) is 12.9. The maximum Gasteiger partial charge on any atom is 0.255 e. The highest BCUT2D eigenvalue weighted by Gasteiger charge is 2.64. The van der Waals surface area contributed by atoms with E-state index in [9.17, 15) is 39.6 Å². The number of likely N-dealkylation sites (tertiary alicyclic amines) is 1. The maximum absolute atomic E-state index is 13.9. The average Bonchev–Trinajstić information content (AvgIpc) is 3.35. The lowest BCUT2D eigenvalue weighted by Crippen LogP contribution is -2.65. The number of benzene rings is 1. The van der Waals surface area contributed by atoms with Gasteiger partial charge in [0.05, 0.1) is 23.8 Å². The zero-order chi connectivity index (χ0) is 28.4. The molecule has 3 aliphatic carbocycles. The van der Waals surface area contributed by atoms with Crippen molar-refractivity contribution in [3.63, 3.8) is 0 Å². The third-order valence-corrected chi connectivity index (χ3v) is 8.43. The summed E-state index contributed by atoms with van der Waals surface area (Å²) in [4.78, 5) is 55.0. The molecular weight excluding hydrogens is 508 g/mol. The van der Waals surface area contributed by atoms with Gasteiger partial charge in [0, 0.05) is 11.5 Å². The summed E-state index contributed by atoms with van der Waals surface area (Å²) in [6, 6.07) is 2.02. The molecule has 1 aliphatic heterocycles. The minimum Gasteiger partial charge on any atom is -0.508 e. The number of ketones is 2. The van der Waals surface area contributed by atoms with Crippen molar-refractivity contribution >= 4 is 34.8 Å². The lowest BCUT2D eigenvalue weighted by molar-refractivity contribution is -0.153. The molecule has 2 amide bonds. The molecule has 12 heteroatoms. The topological polar surface area (TPSA) is 194 Å². The van der Waals surface area contributed by atoms with E-state index in [1.807, 2.05) is 4.90 Å². The fourth-order valence-electron chi connectivity index (χ4n) is 6.65. The van der Waals surface area contributed by atoms with Crippen LogP contribution in [0.1, 0.15) is 30.4 Å². The number of nitrogens with one attached hydrogen (secondary N) is 1. The van der Waals surface area contributed by atoms with E-state index in [0.717, 1.165) is 25.9 Å². The summed E-state index contributed by atoms with van der Waals surface area (Å²) in [6.45, 7) is 1.77. The number of anilines is 1. The third kappa shape index (κ3) is 4.01. The zero-order valence-electron chi connectivity index (χ0n) is 21.7. The van der Waals surface area contributed by atoms with Crippen LogP contribution in [0.25, 0.3) is 5.76 Å². The van der Waals surface area contributed by atoms with Crippen molar-refractivity contribution in [2.75, 3.05) is 39.0 Å². The number of phenols is 1. The Hall–Kier alpha value is -3.74. The molecule has 0 spiro atoms. The van der Waals surface area contributed by atoms with E-state index in [1.54, 1.807) is 20.2 Å². The van der Waals surface area contributed by atoms with Crippen LogP contribution >= 0.6 is 0 Å². The molecule has 4 atom stereocenters. The van der Waals surface area contributed by atoms with Crippen LogP contribution in [0.15, 0.2) is 29.0 Å². The molecule has 12 nitrogen and oxygen atoms in total. The molecule has 208 valence electrons. The summed E-state index contributed by atoms with van der Waals surface area (Å²) >= 11 is 0. The van der Waals surface area contributed by atoms with Crippen LogP contribution in [0.4, 0.5) is 5.69 Å². The average molecular weight is 541 g/mol. The number of hydrogen-bond acceptors (Lipinski definition) is 10. The zero-order valence-corrected chi connectivity index (χ0v) is 21.7. The van der Waals surface area contributed by atoms with Gasteiger partial charge >= 0.3 is 0 Å². The number of phenolic OH excluding ortho intramolecular Hbond substituents is 1. The van der Waals surface area contributed by atoms with Crippen LogP contribution in [0, 0.1) is 11.8 Å². The first-order valence-corrected chi connectivity index (χ1v) is 12.9. The Labute approximate surface area is 224 Å². The Balaban J connectivity index is 1.56. The van der Waals surface area contributed by atoms with E-state index < -0.39 is 63.8 Å². The number of likely N-dealkylation sites (N-methyl/N-ethyl adjacent to an activating group) is 1. The molecule has 0 bridgehead atoms. The highest BCUT2D eigenvalue weighted by molar-refractivity contribution is 6.24. The van der Waals surface area contributed by atoms with E-state index in [2.05, 4.69) is 5.32 Å². The number of aliphatic hydroxyl groups excluding tert-OH is 2. The number of amides is 2. The van der Waals surface area contributed by atoms with Gasteiger partial charge in [0.1, 0.15) is 22.8 Å². The lowest BCUT2D eigenvalue weighted by atomic mass is 9.57. The Morgan fingerprint density at radius 3 is 2.44 bits per heavy atom. The van der Waals surface area contributed by atoms with Crippen LogP contribution in [-0.4, -0.2) is 99.0 Å². The number of rotatable bonds is 5. The highest BCUT2D eigenvalue weighted by atomic mass is 16.3. The van der Waals surface area contributed by atoms with Gasteiger partial charge in [-0.25, -0.2) is 0 Å². The van der Waals surface area contributed by atoms with E-state index in [4.69, 9.17) is 5.73 Å². The standard InChI is InChI=1S/C27H32N4O8/c1-30(2)20-14-10-13-9-12-5-6-15(29-16(32)11-31-7-3-4-8-31)21(33)17(12)22(34)18(13)24(36)27(14,39)25(37)19(23(20)35)26(28)38/h5-6,13-14,20,33-34,37,39H,3-4,7-11H2,1-2H3,(H2,28,38)(H,29,32)/t13-,14-,20-,27-/m0/s1. The molecule has 1 aromatic carbocycles. The lowest BCUT2D eigenvalue weighted by Gasteiger charge is -2.50. The summed E-state index contributed by atoms with van der Waals surface area (Å²) in [7, 11) is 3.09. The summed E-state index contributed by atoms with van der Waals surface area (Å²) in [5.41, 5.74) is 2.05. The number of carbonyl (C=O) groups excluding carboxylic acids is 4. The maximum atomic E-state index is 13.9. The summed E-state index contributed by atoms with van der Waals surface area (Å²) in [6.07, 6.45) is 2.22. The van der Waals surface area contributed by atoms with E-state index in [-0.39, 0.29) is 42.1 Å². The predicted molar refractivity (Wildman–Crippen MR) is 139 cm³/mol. The number of aliphatic hydroxyl groups is 3. The van der Waals surface area contributed by atoms with Crippen LogP contribution in [0.2, 0.25) is 0 Å². The normalized spacial score (nSPS) is 28.9. The minimum absolute atomic E-state index is 0.0147. The number of nitrogens with zero attached hydrogens (tertiary/aromatic N) is 2. The number of Topliss-reactive ketones (excluding diaryl/α,β-unsaturated/α-hetero) is 2. The molecule has 1 heterocycles. The van der Waals surface area contributed by atoms with Gasteiger partial charge in [-0.05, 0) is 70.4 Å². The Morgan fingerprint density at radius 1 is 1.15 bits per heavy atom. The van der Waals surface area contributed by atoms with Crippen LogP contribution in [0.3, 0.4) is 0 Å². The van der Waals surface area contributed by atoms with E-state index >= 15 is 0 Å². The van der Waals surface area contributed by atoms with Crippen molar-refractivity contribution in [1.82, 2.24) is 9.80 Å². The number of fused-ring (bicyclic) bond motifs is 3. The third-order valence-electron chi connectivity index (χ3n) is 8.43. The molecular formula is C27H32N4O8. The second kappa shape index (κ2) is 9.47. The van der Waals surface area contributed by atoms with Crippen LogP contribution < -0.4 is 11.1 Å². The fourth-order valence-corrected chi connectivity index (χ4v) is 6.65. The van der Waals surface area contributed by atoms with Gasteiger partial charge in [0.2, 0.25) is 11.7 Å². The minimum atomic E-state index is -2.69. The van der Waals surface area contributed by atoms with E-state index in [0.29, 0.717) is 5.56 Å². The highest BCUT2D eigenvalue weighted by Crippen LogP contribution is 2.53. The van der Waals surface area contributed by atoms with Gasteiger partial charge in [-0.3, -0.25) is 29.0 Å². The number of primary amides is 1. The summed E-state index contributed by atoms with van der Waals surface area (Å²) in [5.74, 6) is -7.45. The van der Waals surface area contributed by atoms with Crippen molar-refractivity contribution in [2.24, 2.45) is 17.6 Å². The van der Waals surface area contributed by atoms with Gasteiger partial charge < -0.3 is 31.5 Å². The largest absolute Gasteiger partial charge is 0.508 e. The summed E-state index contributed by atoms with van der Waals surface area (Å²) in [5, 5.41) is 47.5. The quantitative estimate of drug-likeness (QED) is 0.219. The van der Waals surface area contributed by atoms with Crippen molar-refractivity contribution < 1.29 is 39.6 Å². The second-order valence-corrected chi connectivity index (χ2v) is 11.0. The van der Waals surface area contributed by atoms with Crippen molar-refractivity contribution in [3.8, 4) is 5.75 Å². The second-order valence-electron chi connectivity index (χ2n) is 11.0. The Morgan fingerprint density at radius 2 is 1.82 bits per heavy atom. The van der Waals surface area contributed by atoms with Crippen LogP contribution in [0.5, 0.6) is 5.75 Å².